The van der Waals surface area contributed by atoms with Gasteiger partial charge in [-0.3, -0.25) is 0 Å². The second-order valence-electron chi connectivity index (χ2n) is 7.10. The Labute approximate surface area is 169 Å². The zero-order valence-corrected chi connectivity index (χ0v) is 16.7. The molecule has 1 atom stereocenters. The summed E-state index contributed by atoms with van der Waals surface area (Å²) in [5.74, 6) is -0.779. The lowest BCUT2D eigenvalue weighted by Crippen LogP contribution is -2.84. The van der Waals surface area contributed by atoms with E-state index in [1.54, 1.807) is 12.1 Å². The highest BCUT2D eigenvalue weighted by Gasteiger charge is 2.34. The number of hydrogen-bond donors (Lipinski definition) is 3. The van der Waals surface area contributed by atoms with Crippen molar-refractivity contribution in [1.29, 1.82) is 0 Å². The van der Waals surface area contributed by atoms with Gasteiger partial charge in [-0.05, 0) is 37.1 Å². The molecule has 29 heavy (non-hydrogen) atoms. The van der Waals surface area contributed by atoms with Crippen LogP contribution in [0.15, 0.2) is 53.7 Å². The maximum Gasteiger partial charge on any atom is 0.338 e. The minimum Gasteiger partial charge on any atom is -0.466 e. The standard InChI is InChI=1S/C22H24FN3O3/c1-13-4-9-17(14(2)10-13)20-19(21(27)29-3)18(25-22(28)26-20)12-24-11-15-5-7-16(23)8-6-15/h4-10,20,24H,11-12H2,1-3H3,(H2,25,26,28)/p+1/t20-/m0/s1. The number of nitrogens with one attached hydrogen (secondary N) is 2. The van der Waals surface area contributed by atoms with E-state index in [1.807, 2.05) is 37.4 Å². The van der Waals surface area contributed by atoms with Crippen LogP contribution in [0.25, 0.3) is 0 Å². The summed E-state index contributed by atoms with van der Waals surface area (Å²) in [5.41, 5.74) is 4.76. The monoisotopic (exact) mass is 398 g/mol. The Hall–Kier alpha value is -3.19. The number of aryl methyl sites for hydroxylation is 2. The summed E-state index contributed by atoms with van der Waals surface area (Å²) in [4.78, 5) is 24.9. The molecule has 0 aromatic heterocycles. The van der Waals surface area contributed by atoms with E-state index in [4.69, 9.17) is 4.74 Å². The number of halogens is 1. The second kappa shape index (κ2) is 8.87. The van der Waals surface area contributed by atoms with Crippen molar-refractivity contribution in [1.82, 2.24) is 10.6 Å². The Morgan fingerprint density at radius 2 is 1.86 bits per heavy atom. The first-order valence-electron chi connectivity index (χ1n) is 9.41. The number of esters is 1. The van der Waals surface area contributed by atoms with Crippen LogP contribution in [0.4, 0.5) is 9.18 Å². The second-order valence-corrected chi connectivity index (χ2v) is 7.10. The number of quaternary nitrogens is 1. The Kier molecular flexibility index (Phi) is 6.29. The molecule has 3 rings (SSSR count). The molecule has 0 unspecified atom stereocenters. The molecular formula is C22H25FN3O3+. The number of carbonyl (C=O) groups is 2. The van der Waals surface area contributed by atoms with E-state index in [9.17, 15) is 14.0 Å². The molecule has 1 aliphatic heterocycles. The van der Waals surface area contributed by atoms with Crippen molar-refractivity contribution in [3.05, 3.63) is 81.8 Å². The lowest BCUT2D eigenvalue weighted by molar-refractivity contribution is -0.664. The van der Waals surface area contributed by atoms with Crippen molar-refractivity contribution >= 4 is 12.0 Å². The van der Waals surface area contributed by atoms with E-state index < -0.39 is 12.0 Å². The van der Waals surface area contributed by atoms with Gasteiger partial charge in [-0.15, -0.1) is 0 Å². The van der Waals surface area contributed by atoms with Crippen molar-refractivity contribution in [2.45, 2.75) is 26.4 Å². The molecule has 0 bridgehead atoms. The van der Waals surface area contributed by atoms with Gasteiger partial charge in [0.2, 0.25) is 0 Å². The number of rotatable bonds is 6. The SMILES string of the molecule is COC(=O)C1=C(C[NH2+]Cc2ccc(F)cc2)NC(=O)N[C@H]1c1ccc(C)cc1C. The smallest absolute Gasteiger partial charge is 0.338 e. The highest BCUT2D eigenvalue weighted by atomic mass is 19.1. The van der Waals surface area contributed by atoms with Gasteiger partial charge in [0.05, 0.1) is 24.4 Å². The fourth-order valence-corrected chi connectivity index (χ4v) is 3.52. The van der Waals surface area contributed by atoms with E-state index in [2.05, 4.69) is 10.6 Å². The number of nitrogens with two attached hydrogens (primary N) is 1. The van der Waals surface area contributed by atoms with Crippen molar-refractivity contribution in [2.75, 3.05) is 13.7 Å². The molecule has 1 aliphatic rings. The third-order valence-electron chi connectivity index (χ3n) is 4.94. The van der Waals surface area contributed by atoms with E-state index in [0.717, 1.165) is 22.3 Å². The zero-order valence-electron chi connectivity index (χ0n) is 16.7. The van der Waals surface area contributed by atoms with Gasteiger partial charge in [0.15, 0.2) is 0 Å². The highest BCUT2D eigenvalue weighted by Crippen LogP contribution is 2.29. The number of amides is 2. The minimum atomic E-state index is -0.592. The van der Waals surface area contributed by atoms with Gasteiger partial charge >= 0.3 is 12.0 Å². The summed E-state index contributed by atoms with van der Waals surface area (Å²) in [6.07, 6.45) is 0. The fourth-order valence-electron chi connectivity index (χ4n) is 3.52. The van der Waals surface area contributed by atoms with Crippen molar-refractivity contribution in [2.24, 2.45) is 0 Å². The quantitative estimate of drug-likeness (QED) is 0.651. The Morgan fingerprint density at radius 3 is 2.52 bits per heavy atom. The van der Waals surface area contributed by atoms with E-state index >= 15 is 0 Å². The topological polar surface area (TPSA) is 84.0 Å². The Bertz CT molecular complexity index is 954. The largest absolute Gasteiger partial charge is 0.466 e. The summed E-state index contributed by atoms with van der Waals surface area (Å²) < 4.78 is 18.1. The van der Waals surface area contributed by atoms with Gasteiger partial charge in [-0.25, -0.2) is 14.0 Å². The molecule has 0 spiro atoms. The first-order valence-corrected chi connectivity index (χ1v) is 9.41. The predicted octanol–water partition coefficient (Wildman–Crippen LogP) is 1.99. The minimum absolute atomic E-state index is 0.286. The van der Waals surface area contributed by atoms with Crippen LogP contribution in [0.3, 0.4) is 0 Å². The molecule has 0 fully saturated rings. The van der Waals surface area contributed by atoms with Crippen molar-refractivity contribution in [3.63, 3.8) is 0 Å². The van der Waals surface area contributed by atoms with Crippen LogP contribution in [0, 0.1) is 19.7 Å². The van der Waals surface area contributed by atoms with Gasteiger partial charge in [0, 0.05) is 5.56 Å². The molecular weight excluding hydrogens is 373 g/mol. The van der Waals surface area contributed by atoms with Gasteiger partial charge in [0.25, 0.3) is 0 Å². The van der Waals surface area contributed by atoms with Crippen LogP contribution < -0.4 is 16.0 Å². The molecule has 6 nitrogen and oxygen atoms in total. The number of ether oxygens (including phenoxy) is 1. The van der Waals surface area contributed by atoms with Crippen molar-refractivity contribution < 1.29 is 24.0 Å². The van der Waals surface area contributed by atoms with Crippen LogP contribution in [0.5, 0.6) is 0 Å². The fraction of sp³-hybridized carbons (Fsp3) is 0.273. The number of urea groups is 1. The number of benzene rings is 2. The van der Waals surface area contributed by atoms with Crippen LogP contribution >= 0.6 is 0 Å². The van der Waals surface area contributed by atoms with E-state index in [1.165, 1.54) is 19.2 Å². The Balaban J connectivity index is 1.89. The molecule has 1 heterocycles. The molecule has 2 aromatic carbocycles. The summed E-state index contributed by atoms with van der Waals surface area (Å²) in [6, 6.07) is 11.2. The average Bonchev–Trinajstić information content (AvgIpc) is 2.68. The molecule has 0 saturated carbocycles. The number of hydrogen-bond acceptors (Lipinski definition) is 3. The summed E-state index contributed by atoms with van der Waals surface area (Å²) in [7, 11) is 1.32. The van der Waals surface area contributed by atoms with E-state index in [0.29, 0.717) is 24.4 Å². The molecule has 4 N–H and O–H groups in total. The van der Waals surface area contributed by atoms with Crippen LogP contribution in [0.1, 0.15) is 28.3 Å². The summed E-state index contributed by atoms with van der Waals surface area (Å²) in [5, 5.41) is 7.52. The molecule has 0 aliphatic carbocycles. The zero-order chi connectivity index (χ0) is 21.0. The third kappa shape index (κ3) is 4.81. The van der Waals surface area contributed by atoms with Gasteiger partial charge in [-0.2, -0.15) is 0 Å². The van der Waals surface area contributed by atoms with Gasteiger partial charge in [0.1, 0.15) is 18.9 Å². The molecule has 0 radical (unpaired) electrons. The number of carbonyl (C=O) groups excluding carboxylic acids is 2. The first-order chi connectivity index (χ1) is 13.9. The highest BCUT2D eigenvalue weighted by molar-refractivity contribution is 5.95. The Morgan fingerprint density at radius 1 is 1.14 bits per heavy atom. The van der Waals surface area contributed by atoms with Crippen LogP contribution in [-0.4, -0.2) is 25.7 Å². The van der Waals surface area contributed by atoms with Gasteiger partial charge in [-0.1, -0.05) is 35.9 Å². The number of methoxy groups -OCH3 is 1. The third-order valence-corrected chi connectivity index (χ3v) is 4.94. The van der Waals surface area contributed by atoms with Crippen molar-refractivity contribution in [3.8, 4) is 0 Å². The van der Waals surface area contributed by atoms with Crippen LogP contribution in [-0.2, 0) is 16.1 Å². The first kappa shape index (κ1) is 20.5. The normalized spacial score (nSPS) is 16.3. The van der Waals surface area contributed by atoms with E-state index in [-0.39, 0.29) is 11.8 Å². The lowest BCUT2D eigenvalue weighted by atomic mass is 9.91. The summed E-state index contributed by atoms with van der Waals surface area (Å²) >= 11 is 0. The summed E-state index contributed by atoms with van der Waals surface area (Å²) in [6.45, 7) is 4.89. The van der Waals surface area contributed by atoms with Gasteiger partial charge < -0.3 is 20.7 Å². The maximum absolute atomic E-state index is 13.1. The molecule has 152 valence electrons. The average molecular weight is 398 g/mol. The molecule has 2 aromatic rings. The maximum atomic E-state index is 13.1. The van der Waals surface area contributed by atoms with Crippen LogP contribution in [0.2, 0.25) is 0 Å². The molecule has 2 amide bonds. The molecule has 0 saturated heterocycles. The lowest BCUT2D eigenvalue weighted by Gasteiger charge is -2.29. The predicted molar refractivity (Wildman–Crippen MR) is 106 cm³/mol. The molecule has 7 heteroatoms.